The van der Waals surface area contributed by atoms with Crippen LogP contribution in [0.1, 0.15) is 22.8 Å². The normalized spacial score (nSPS) is 11.5. The van der Waals surface area contributed by atoms with Gasteiger partial charge in [-0.1, -0.05) is 24.3 Å². The van der Waals surface area contributed by atoms with Crippen LogP contribution in [-0.4, -0.2) is 17.9 Å². The predicted molar refractivity (Wildman–Crippen MR) is 118 cm³/mol. The van der Waals surface area contributed by atoms with Gasteiger partial charge in [0, 0.05) is 16.9 Å². The molecule has 0 aliphatic rings. The number of benzene rings is 3. The summed E-state index contributed by atoms with van der Waals surface area (Å²) in [5.41, 5.74) is 2.28. The van der Waals surface area contributed by atoms with Crippen LogP contribution >= 0.6 is 15.9 Å². The Kier molecular flexibility index (Phi) is 6.84. The fourth-order valence-corrected chi connectivity index (χ4v) is 3.23. The topological polar surface area (TPSA) is 67.4 Å². The lowest BCUT2D eigenvalue weighted by Gasteiger charge is -2.17. The van der Waals surface area contributed by atoms with Gasteiger partial charge in [-0.3, -0.25) is 9.59 Å². The van der Waals surface area contributed by atoms with Crippen molar-refractivity contribution in [3.8, 4) is 5.75 Å². The molecular formula is C23H20BrFN2O3. The van der Waals surface area contributed by atoms with Gasteiger partial charge in [-0.05, 0) is 77.8 Å². The second-order valence-electron chi connectivity index (χ2n) is 6.62. The van der Waals surface area contributed by atoms with E-state index in [2.05, 4.69) is 26.6 Å². The Morgan fingerprint density at radius 2 is 1.73 bits per heavy atom. The third-order valence-electron chi connectivity index (χ3n) is 4.43. The van der Waals surface area contributed by atoms with E-state index in [4.69, 9.17) is 4.74 Å². The molecule has 5 nitrogen and oxygen atoms in total. The van der Waals surface area contributed by atoms with Crippen molar-refractivity contribution in [3.05, 3.63) is 88.1 Å². The average molecular weight is 471 g/mol. The molecule has 0 aliphatic heterocycles. The Morgan fingerprint density at radius 1 is 1.00 bits per heavy atom. The zero-order valence-electron chi connectivity index (χ0n) is 16.4. The van der Waals surface area contributed by atoms with Crippen LogP contribution in [0.3, 0.4) is 0 Å². The molecule has 0 radical (unpaired) electrons. The third-order valence-corrected chi connectivity index (χ3v) is 5.05. The molecule has 2 amide bonds. The molecule has 3 rings (SSSR count). The van der Waals surface area contributed by atoms with Gasteiger partial charge in [-0.15, -0.1) is 0 Å². The van der Waals surface area contributed by atoms with E-state index in [1.165, 1.54) is 18.2 Å². The van der Waals surface area contributed by atoms with E-state index in [-0.39, 0.29) is 5.91 Å². The Bertz CT molecular complexity index is 1070. The van der Waals surface area contributed by atoms with E-state index >= 15 is 0 Å². The van der Waals surface area contributed by atoms with Crippen LogP contribution in [0.4, 0.5) is 15.8 Å². The number of carbonyl (C=O) groups is 2. The van der Waals surface area contributed by atoms with Crippen LogP contribution in [0.15, 0.2) is 71.2 Å². The minimum atomic E-state index is -0.840. The number of rotatable bonds is 6. The smallest absolute Gasteiger partial charge is 0.265 e. The number of nitrogens with one attached hydrogen (secondary N) is 2. The summed E-state index contributed by atoms with van der Waals surface area (Å²) in [5.74, 6) is -0.719. The zero-order chi connectivity index (χ0) is 21.7. The van der Waals surface area contributed by atoms with Crippen molar-refractivity contribution in [1.82, 2.24) is 0 Å². The first-order valence-corrected chi connectivity index (χ1v) is 10.0. The molecule has 3 aromatic carbocycles. The summed E-state index contributed by atoms with van der Waals surface area (Å²) >= 11 is 3.21. The molecule has 1 atom stereocenters. The van der Waals surface area contributed by atoms with Crippen molar-refractivity contribution in [3.63, 3.8) is 0 Å². The summed E-state index contributed by atoms with van der Waals surface area (Å²) in [4.78, 5) is 25.2. The summed E-state index contributed by atoms with van der Waals surface area (Å²) < 4.78 is 19.3. The zero-order valence-corrected chi connectivity index (χ0v) is 18.0. The Morgan fingerprint density at radius 3 is 2.43 bits per heavy atom. The maximum atomic E-state index is 13.2. The molecule has 1 unspecified atom stereocenters. The number of hydrogen-bond donors (Lipinski definition) is 2. The lowest BCUT2D eigenvalue weighted by molar-refractivity contribution is -0.122. The van der Waals surface area contributed by atoms with Gasteiger partial charge in [0.05, 0.1) is 4.47 Å². The maximum absolute atomic E-state index is 13.2. The highest BCUT2D eigenvalue weighted by molar-refractivity contribution is 9.10. The predicted octanol–water partition coefficient (Wildman–Crippen LogP) is 5.55. The fourth-order valence-electron chi connectivity index (χ4n) is 2.79. The maximum Gasteiger partial charge on any atom is 0.265 e. The summed E-state index contributed by atoms with van der Waals surface area (Å²) in [5, 5.41) is 5.62. The lowest BCUT2D eigenvalue weighted by Crippen LogP contribution is -2.30. The summed E-state index contributed by atoms with van der Waals surface area (Å²) in [7, 11) is 0. The highest BCUT2D eigenvalue weighted by Crippen LogP contribution is 2.27. The number of hydrogen-bond acceptors (Lipinski definition) is 3. The number of anilines is 2. The van der Waals surface area contributed by atoms with Gasteiger partial charge < -0.3 is 15.4 Å². The monoisotopic (exact) mass is 470 g/mol. The van der Waals surface area contributed by atoms with Crippen molar-refractivity contribution < 1.29 is 18.7 Å². The van der Waals surface area contributed by atoms with Crippen LogP contribution in [0, 0.1) is 12.7 Å². The number of amides is 2. The Balaban J connectivity index is 1.71. The Labute approximate surface area is 182 Å². The summed E-state index contributed by atoms with van der Waals surface area (Å²) in [6.45, 7) is 3.35. The molecule has 0 fully saturated rings. The number of para-hydroxylation sites is 1. The van der Waals surface area contributed by atoms with Gasteiger partial charge in [-0.25, -0.2) is 4.39 Å². The number of carbonyl (C=O) groups excluding carboxylic acids is 2. The van der Waals surface area contributed by atoms with Crippen LogP contribution in [-0.2, 0) is 4.79 Å². The first-order chi connectivity index (χ1) is 14.3. The van der Waals surface area contributed by atoms with E-state index in [0.29, 0.717) is 32.7 Å². The third kappa shape index (κ3) is 5.24. The van der Waals surface area contributed by atoms with Crippen molar-refractivity contribution in [2.24, 2.45) is 0 Å². The second-order valence-corrected chi connectivity index (χ2v) is 7.48. The van der Waals surface area contributed by atoms with Gasteiger partial charge in [0.2, 0.25) is 0 Å². The van der Waals surface area contributed by atoms with E-state index < -0.39 is 17.8 Å². The van der Waals surface area contributed by atoms with E-state index in [9.17, 15) is 14.0 Å². The average Bonchev–Trinajstić information content (AvgIpc) is 2.72. The molecular weight excluding hydrogens is 451 g/mol. The molecule has 0 spiro atoms. The van der Waals surface area contributed by atoms with Gasteiger partial charge in [0.15, 0.2) is 6.10 Å². The first-order valence-electron chi connectivity index (χ1n) is 9.23. The first kappa shape index (κ1) is 21.5. The Hall–Kier alpha value is -3.19. The van der Waals surface area contributed by atoms with Crippen molar-refractivity contribution >= 4 is 39.1 Å². The van der Waals surface area contributed by atoms with Crippen molar-refractivity contribution in [1.29, 1.82) is 0 Å². The second kappa shape index (κ2) is 9.54. The molecule has 154 valence electrons. The van der Waals surface area contributed by atoms with Crippen LogP contribution in [0.5, 0.6) is 5.75 Å². The van der Waals surface area contributed by atoms with Crippen LogP contribution in [0.2, 0.25) is 0 Å². The quantitative estimate of drug-likeness (QED) is 0.495. The molecule has 0 saturated heterocycles. The molecule has 2 N–H and O–H groups in total. The molecule has 0 aromatic heterocycles. The molecule has 0 bridgehead atoms. The van der Waals surface area contributed by atoms with Crippen molar-refractivity contribution in [2.75, 3.05) is 10.6 Å². The van der Waals surface area contributed by atoms with Crippen LogP contribution < -0.4 is 15.4 Å². The SMILES string of the molecule is Cc1c(NC(=O)C(C)Oc2ccc(F)cc2Br)cccc1C(=O)Nc1ccccc1. The molecule has 3 aromatic rings. The lowest BCUT2D eigenvalue weighted by atomic mass is 10.1. The van der Waals surface area contributed by atoms with E-state index in [1.807, 2.05) is 18.2 Å². The van der Waals surface area contributed by atoms with Gasteiger partial charge in [0.25, 0.3) is 11.8 Å². The molecule has 7 heteroatoms. The largest absolute Gasteiger partial charge is 0.480 e. The molecule has 0 heterocycles. The van der Waals surface area contributed by atoms with Gasteiger partial charge >= 0.3 is 0 Å². The summed E-state index contributed by atoms with van der Waals surface area (Å²) in [6.07, 6.45) is -0.840. The number of halogens is 2. The summed E-state index contributed by atoms with van der Waals surface area (Å²) in [6, 6.07) is 18.2. The highest BCUT2D eigenvalue weighted by Gasteiger charge is 2.19. The molecule has 30 heavy (non-hydrogen) atoms. The van der Waals surface area contributed by atoms with E-state index in [0.717, 1.165) is 0 Å². The van der Waals surface area contributed by atoms with E-state index in [1.54, 1.807) is 44.2 Å². The van der Waals surface area contributed by atoms with Gasteiger partial charge in [0.1, 0.15) is 11.6 Å². The minimum absolute atomic E-state index is 0.269. The standard InChI is InChI=1S/C23H20BrFN2O3/c1-14-18(23(29)26-17-7-4-3-5-8-17)9-6-10-20(14)27-22(28)15(2)30-21-12-11-16(25)13-19(21)24/h3-13,15H,1-2H3,(H,26,29)(H,27,28). The fraction of sp³-hybridized carbons (Fsp3) is 0.130. The van der Waals surface area contributed by atoms with Gasteiger partial charge in [-0.2, -0.15) is 0 Å². The highest BCUT2D eigenvalue weighted by atomic mass is 79.9. The van der Waals surface area contributed by atoms with Crippen LogP contribution in [0.25, 0.3) is 0 Å². The molecule has 0 saturated carbocycles. The molecule has 0 aliphatic carbocycles. The van der Waals surface area contributed by atoms with Crippen molar-refractivity contribution in [2.45, 2.75) is 20.0 Å². The minimum Gasteiger partial charge on any atom is -0.480 e. The number of ether oxygens (including phenoxy) is 1.